The van der Waals surface area contributed by atoms with Crippen molar-refractivity contribution in [2.45, 2.75) is 0 Å². The third-order valence-electron chi connectivity index (χ3n) is 6.22. The van der Waals surface area contributed by atoms with Crippen molar-refractivity contribution in [2.75, 3.05) is 12.0 Å². The minimum absolute atomic E-state index is 0.0227. The summed E-state index contributed by atoms with van der Waals surface area (Å²) in [5.41, 5.74) is 2.15. The van der Waals surface area contributed by atoms with E-state index in [0.717, 1.165) is 4.90 Å². The maximum Gasteiger partial charge on any atom is 0.339 e. The summed E-state index contributed by atoms with van der Waals surface area (Å²) in [6.45, 7) is -0.529. The van der Waals surface area contributed by atoms with E-state index in [1.165, 1.54) is 36.4 Å². The molecular weight excluding hydrogens is 522 g/mol. The van der Waals surface area contributed by atoms with Gasteiger partial charge in [-0.15, -0.1) is 0 Å². The van der Waals surface area contributed by atoms with Crippen LogP contribution in [-0.2, 0) is 9.53 Å². The third-order valence-corrected chi connectivity index (χ3v) is 6.22. The number of hydrogen-bond donors (Lipinski definition) is 2. The summed E-state index contributed by atoms with van der Waals surface area (Å²) in [5.74, 6) is -2.83. The average Bonchev–Trinajstić information content (AvgIpc) is 3.25. The molecule has 1 aliphatic rings. The number of hydrogen-bond acceptors (Lipinski definition) is 6. The van der Waals surface area contributed by atoms with Gasteiger partial charge in [-0.05, 0) is 60.2 Å². The van der Waals surface area contributed by atoms with Crippen LogP contribution in [0.25, 0.3) is 6.08 Å². The number of nitrogens with one attached hydrogen (secondary N) is 2. The zero-order chi connectivity index (χ0) is 28.8. The summed E-state index contributed by atoms with van der Waals surface area (Å²) >= 11 is 0. The molecule has 0 bridgehead atoms. The molecule has 0 aromatic heterocycles. The minimum Gasteiger partial charge on any atom is -0.440 e. The van der Waals surface area contributed by atoms with Crippen molar-refractivity contribution in [3.63, 3.8) is 0 Å². The van der Waals surface area contributed by atoms with Crippen molar-refractivity contribution < 1.29 is 28.7 Å². The number of rotatable bonds is 8. The quantitative estimate of drug-likeness (QED) is 0.191. The molecule has 1 aliphatic heterocycles. The number of fused-ring (bicyclic) bond motifs is 1. The Balaban J connectivity index is 1.24. The topological polar surface area (TPSA) is 122 Å². The molecule has 0 spiro atoms. The number of anilines is 1. The lowest BCUT2D eigenvalue weighted by Crippen LogP contribution is -2.33. The largest absolute Gasteiger partial charge is 0.440 e. The number of nitrogens with zero attached hydrogens (tertiary/aromatic N) is 1. The lowest BCUT2D eigenvalue weighted by molar-refractivity contribution is -0.113. The Labute approximate surface area is 235 Å². The zero-order valence-electron chi connectivity index (χ0n) is 21.6. The second kappa shape index (κ2) is 11.9. The van der Waals surface area contributed by atoms with Gasteiger partial charge in [-0.25, -0.2) is 9.69 Å². The first-order valence-corrected chi connectivity index (χ1v) is 12.6. The number of ether oxygens (including phenoxy) is 1. The molecule has 2 N–H and O–H groups in total. The number of benzene rings is 4. The minimum atomic E-state index is -0.751. The van der Waals surface area contributed by atoms with Crippen molar-refractivity contribution in [3.05, 3.63) is 143 Å². The molecule has 0 radical (unpaired) electrons. The second-order valence-electron chi connectivity index (χ2n) is 8.97. The average molecular weight is 546 g/mol. The molecule has 0 saturated heterocycles. The van der Waals surface area contributed by atoms with Gasteiger partial charge in [0, 0.05) is 11.3 Å². The predicted octanol–water partition coefficient (Wildman–Crippen LogP) is 4.51. The van der Waals surface area contributed by atoms with E-state index >= 15 is 0 Å². The Kier molecular flexibility index (Phi) is 7.78. The maximum absolute atomic E-state index is 13.2. The molecule has 9 nitrogen and oxygen atoms in total. The van der Waals surface area contributed by atoms with Crippen molar-refractivity contribution in [1.29, 1.82) is 0 Å². The van der Waals surface area contributed by atoms with Crippen LogP contribution in [0.15, 0.2) is 115 Å². The molecule has 1 heterocycles. The summed E-state index contributed by atoms with van der Waals surface area (Å²) in [6, 6.07) is 29.8. The highest BCUT2D eigenvalue weighted by atomic mass is 16.5. The molecule has 0 fully saturated rings. The Hall–Kier alpha value is -5.83. The molecule has 9 heteroatoms. The van der Waals surface area contributed by atoms with Crippen LogP contribution in [-0.4, -0.2) is 41.2 Å². The number of amides is 4. The normalized spacial score (nSPS) is 12.5. The van der Waals surface area contributed by atoms with Gasteiger partial charge in [0.25, 0.3) is 23.6 Å². The van der Waals surface area contributed by atoms with Crippen molar-refractivity contribution >= 4 is 41.4 Å². The fraction of sp³-hybridized carbons (Fsp3) is 0.0312. The number of carbonyl (C=O) groups is 5. The molecule has 0 unspecified atom stereocenters. The van der Waals surface area contributed by atoms with E-state index < -0.39 is 36.3 Å². The number of esters is 1. The fourth-order valence-electron chi connectivity index (χ4n) is 4.11. The molecule has 4 aromatic carbocycles. The Morgan fingerprint density at radius 3 is 1.85 bits per heavy atom. The zero-order valence-corrected chi connectivity index (χ0v) is 21.6. The third kappa shape index (κ3) is 6.10. The molecule has 4 aromatic rings. The van der Waals surface area contributed by atoms with Crippen LogP contribution in [0.5, 0.6) is 0 Å². The van der Waals surface area contributed by atoms with Crippen molar-refractivity contribution in [3.8, 4) is 0 Å². The SMILES string of the molecule is O=C(Nc1ccc(C(=O)OCN2C(=O)c3ccccc3C2=O)cc1)C(=Cc1ccccc1)NC(=O)c1ccccc1. The Morgan fingerprint density at radius 1 is 0.683 bits per heavy atom. The molecular formula is C32H23N3O6. The highest BCUT2D eigenvalue weighted by molar-refractivity contribution is 6.21. The first-order chi connectivity index (χ1) is 19.9. The van der Waals surface area contributed by atoms with Crippen LogP contribution in [0.3, 0.4) is 0 Å². The first-order valence-electron chi connectivity index (χ1n) is 12.6. The highest BCUT2D eigenvalue weighted by Gasteiger charge is 2.35. The fourth-order valence-corrected chi connectivity index (χ4v) is 4.11. The molecule has 0 atom stereocenters. The molecule has 41 heavy (non-hydrogen) atoms. The van der Waals surface area contributed by atoms with Gasteiger partial charge in [-0.2, -0.15) is 0 Å². The van der Waals surface area contributed by atoms with Gasteiger partial charge < -0.3 is 15.4 Å². The molecule has 5 rings (SSSR count). The lowest BCUT2D eigenvalue weighted by Gasteiger charge is -2.14. The van der Waals surface area contributed by atoms with E-state index in [4.69, 9.17) is 4.74 Å². The van der Waals surface area contributed by atoms with E-state index in [1.54, 1.807) is 60.7 Å². The van der Waals surface area contributed by atoms with Crippen LogP contribution < -0.4 is 10.6 Å². The van der Waals surface area contributed by atoms with Gasteiger partial charge in [0.15, 0.2) is 6.73 Å². The van der Waals surface area contributed by atoms with Crippen LogP contribution in [0.4, 0.5) is 5.69 Å². The second-order valence-corrected chi connectivity index (χ2v) is 8.97. The van der Waals surface area contributed by atoms with Gasteiger partial charge in [-0.3, -0.25) is 19.2 Å². The lowest BCUT2D eigenvalue weighted by atomic mass is 10.1. The predicted molar refractivity (Wildman–Crippen MR) is 151 cm³/mol. The van der Waals surface area contributed by atoms with Crippen LogP contribution >= 0.6 is 0 Å². The van der Waals surface area contributed by atoms with Gasteiger partial charge >= 0.3 is 5.97 Å². The van der Waals surface area contributed by atoms with E-state index in [9.17, 15) is 24.0 Å². The van der Waals surface area contributed by atoms with Gasteiger partial charge in [0.05, 0.1) is 16.7 Å². The maximum atomic E-state index is 13.2. The molecule has 0 saturated carbocycles. The van der Waals surface area contributed by atoms with Gasteiger partial charge in [0.2, 0.25) is 0 Å². The van der Waals surface area contributed by atoms with Gasteiger partial charge in [-0.1, -0.05) is 60.7 Å². The summed E-state index contributed by atoms with van der Waals surface area (Å²) in [4.78, 5) is 64.3. The van der Waals surface area contributed by atoms with Crippen LogP contribution in [0.1, 0.15) is 47.0 Å². The highest BCUT2D eigenvalue weighted by Crippen LogP contribution is 2.22. The smallest absolute Gasteiger partial charge is 0.339 e. The number of carbonyl (C=O) groups excluding carboxylic acids is 5. The molecule has 4 amide bonds. The summed E-state index contributed by atoms with van der Waals surface area (Å²) in [6.07, 6.45) is 1.56. The number of imide groups is 1. The van der Waals surface area contributed by atoms with Crippen LogP contribution in [0.2, 0.25) is 0 Å². The summed E-state index contributed by atoms with van der Waals surface area (Å²) in [5, 5.41) is 5.38. The summed E-state index contributed by atoms with van der Waals surface area (Å²) < 4.78 is 5.20. The van der Waals surface area contributed by atoms with Gasteiger partial charge in [0.1, 0.15) is 5.70 Å². The monoisotopic (exact) mass is 545 g/mol. The molecule has 0 aliphatic carbocycles. The van der Waals surface area contributed by atoms with E-state index in [-0.39, 0.29) is 22.4 Å². The van der Waals surface area contributed by atoms with Crippen LogP contribution in [0, 0.1) is 0 Å². The van der Waals surface area contributed by atoms with Crippen molar-refractivity contribution in [1.82, 2.24) is 10.2 Å². The first kappa shape index (κ1) is 26.8. The van der Waals surface area contributed by atoms with E-state index in [1.807, 2.05) is 18.2 Å². The summed E-state index contributed by atoms with van der Waals surface area (Å²) in [7, 11) is 0. The molecule has 202 valence electrons. The Bertz CT molecular complexity index is 1630. The van der Waals surface area contributed by atoms with E-state index in [2.05, 4.69) is 10.6 Å². The van der Waals surface area contributed by atoms with Crippen molar-refractivity contribution in [2.24, 2.45) is 0 Å². The Morgan fingerprint density at radius 2 is 1.24 bits per heavy atom. The van der Waals surface area contributed by atoms with E-state index in [0.29, 0.717) is 16.8 Å². The standard InChI is InChI=1S/C32H23N3O6/c36-28(22-11-5-2-6-12-22)34-27(19-21-9-3-1-4-10-21)29(37)33-24-17-15-23(16-18-24)32(40)41-20-35-30(38)25-13-7-8-14-26(25)31(35)39/h1-19H,20H2,(H,33,37)(H,34,36).